The van der Waals surface area contributed by atoms with Gasteiger partial charge in [0.15, 0.2) is 0 Å². The van der Waals surface area contributed by atoms with Gasteiger partial charge in [-0.2, -0.15) is 0 Å². The Kier molecular flexibility index (Phi) is 5.47. The van der Waals surface area contributed by atoms with Gasteiger partial charge in [-0.1, -0.05) is 103 Å². The average molecular weight is 667 g/mol. The van der Waals surface area contributed by atoms with Crippen molar-refractivity contribution in [3.63, 3.8) is 0 Å². The van der Waals surface area contributed by atoms with Crippen molar-refractivity contribution >= 4 is 87.8 Å². The predicted octanol–water partition coefficient (Wildman–Crippen LogP) is 14.3. The minimum Gasteiger partial charge on any atom is -0.456 e. The third-order valence-electron chi connectivity index (χ3n) is 10.6. The summed E-state index contributed by atoms with van der Waals surface area (Å²) < 4.78 is 26.8. The zero-order valence-electron chi connectivity index (χ0n) is 27.6. The maximum Gasteiger partial charge on any atom is 0.144 e. The van der Waals surface area contributed by atoms with Crippen molar-refractivity contribution in [2.75, 3.05) is 0 Å². The van der Waals surface area contributed by atoms with Gasteiger partial charge < -0.3 is 17.7 Å². The molecule has 4 nitrogen and oxygen atoms in total. The van der Waals surface area contributed by atoms with Crippen molar-refractivity contribution in [2.45, 2.75) is 0 Å². The number of para-hydroxylation sites is 4. The lowest BCUT2D eigenvalue weighted by Crippen LogP contribution is -1.89. The normalized spacial score (nSPS) is 12.2. The lowest BCUT2D eigenvalue weighted by molar-refractivity contribution is 0.664. The van der Waals surface area contributed by atoms with E-state index in [0.717, 1.165) is 121 Å². The largest absolute Gasteiger partial charge is 0.456 e. The van der Waals surface area contributed by atoms with Gasteiger partial charge in [-0.15, -0.1) is 0 Å². The summed E-state index contributed by atoms with van der Waals surface area (Å²) in [5, 5.41) is 8.29. The number of hydrogen-bond acceptors (Lipinski definition) is 4. The molecule has 0 N–H and O–H groups in total. The van der Waals surface area contributed by atoms with Crippen LogP contribution < -0.4 is 0 Å². The summed E-state index contributed by atoms with van der Waals surface area (Å²) in [7, 11) is 0. The Morgan fingerprint density at radius 3 is 1.12 bits per heavy atom. The van der Waals surface area contributed by atoms with Crippen LogP contribution in [-0.2, 0) is 0 Å². The molecule has 12 rings (SSSR count). The highest BCUT2D eigenvalue weighted by atomic mass is 16.3. The molecule has 0 aliphatic carbocycles. The van der Waals surface area contributed by atoms with Gasteiger partial charge in [-0.05, 0) is 76.9 Å². The topological polar surface area (TPSA) is 52.6 Å². The molecular formula is C48H26O4. The molecule has 0 bridgehead atoms. The minimum atomic E-state index is 0.824. The number of benzene rings is 8. The molecule has 242 valence electrons. The van der Waals surface area contributed by atoms with Crippen LogP contribution in [0.2, 0.25) is 0 Å². The fraction of sp³-hybridized carbons (Fsp3) is 0. The van der Waals surface area contributed by atoms with Gasteiger partial charge in [0.25, 0.3) is 0 Å². The molecule has 0 amide bonds. The number of hydrogen-bond donors (Lipinski definition) is 0. The first-order valence-electron chi connectivity index (χ1n) is 17.5. The fourth-order valence-electron chi connectivity index (χ4n) is 8.39. The van der Waals surface area contributed by atoms with Crippen LogP contribution in [0.4, 0.5) is 0 Å². The molecule has 0 radical (unpaired) electrons. The summed E-state index contributed by atoms with van der Waals surface area (Å²) in [5.41, 5.74) is 12.9. The van der Waals surface area contributed by atoms with Gasteiger partial charge in [-0.3, -0.25) is 0 Å². The molecule has 0 spiro atoms. The van der Waals surface area contributed by atoms with E-state index in [0.29, 0.717) is 0 Å². The molecule has 0 fully saturated rings. The lowest BCUT2D eigenvalue weighted by atomic mass is 9.89. The predicted molar refractivity (Wildman–Crippen MR) is 212 cm³/mol. The number of fused-ring (bicyclic) bond motifs is 12. The summed E-state index contributed by atoms with van der Waals surface area (Å²) in [5.74, 6) is 0. The average Bonchev–Trinajstić information content (AvgIpc) is 3.96. The summed E-state index contributed by atoms with van der Waals surface area (Å²) in [6, 6.07) is 54.7. The van der Waals surface area contributed by atoms with Gasteiger partial charge in [0, 0.05) is 54.2 Å². The molecule has 8 aromatic carbocycles. The van der Waals surface area contributed by atoms with Crippen LogP contribution in [0.25, 0.3) is 121 Å². The van der Waals surface area contributed by atoms with Gasteiger partial charge >= 0.3 is 0 Å². The van der Waals surface area contributed by atoms with Crippen LogP contribution in [0.3, 0.4) is 0 Å². The molecule has 0 saturated heterocycles. The van der Waals surface area contributed by atoms with Crippen LogP contribution in [0.5, 0.6) is 0 Å². The SMILES string of the molecule is c1ccc(-c2cc(-c3c4oc5ccccc5c4cc4oc5ccccc5c34)cc(-c3c4oc5ccccc5c4cc4oc5ccccc5c34)c2)cc1. The van der Waals surface area contributed by atoms with Gasteiger partial charge in [0.2, 0.25) is 0 Å². The van der Waals surface area contributed by atoms with E-state index in [1.165, 1.54) is 0 Å². The molecule has 0 aliphatic rings. The molecule has 4 heterocycles. The minimum absolute atomic E-state index is 0.824. The van der Waals surface area contributed by atoms with E-state index in [4.69, 9.17) is 17.7 Å². The van der Waals surface area contributed by atoms with Crippen LogP contribution in [-0.4, -0.2) is 0 Å². The summed E-state index contributed by atoms with van der Waals surface area (Å²) in [6.45, 7) is 0. The quantitative estimate of drug-likeness (QED) is 0.188. The Balaban J connectivity index is 1.28. The van der Waals surface area contributed by atoms with E-state index in [1.807, 2.05) is 48.5 Å². The zero-order valence-corrected chi connectivity index (χ0v) is 27.6. The van der Waals surface area contributed by atoms with Crippen molar-refractivity contribution in [1.29, 1.82) is 0 Å². The van der Waals surface area contributed by atoms with Crippen LogP contribution >= 0.6 is 0 Å². The first kappa shape index (κ1) is 27.7. The molecule has 0 saturated carbocycles. The van der Waals surface area contributed by atoms with E-state index < -0.39 is 0 Å². The highest BCUT2D eigenvalue weighted by Crippen LogP contribution is 2.49. The molecule has 0 unspecified atom stereocenters. The summed E-state index contributed by atoms with van der Waals surface area (Å²) in [6.07, 6.45) is 0. The standard InChI is InChI=1S/C48H26O4/c1-2-12-27(13-3-1)28-22-29(43-45-33-16-6-10-20-39(33)49-41(45)25-35-31-14-4-8-18-37(31)51-47(35)43)24-30(23-28)44-46-34-17-7-11-21-40(34)50-42(46)26-36-32-15-5-9-19-38(32)52-48(36)44/h1-26H. The van der Waals surface area contributed by atoms with Crippen LogP contribution in [0.15, 0.2) is 175 Å². The summed E-state index contributed by atoms with van der Waals surface area (Å²) >= 11 is 0. The molecule has 12 aromatic rings. The first-order chi connectivity index (χ1) is 25.8. The second-order valence-electron chi connectivity index (χ2n) is 13.6. The molecule has 4 aromatic heterocycles. The zero-order chi connectivity index (χ0) is 33.9. The van der Waals surface area contributed by atoms with E-state index in [-0.39, 0.29) is 0 Å². The smallest absolute Gasteiger partial charge is 0.144 e. The van der Waals surface area contributed by atoms with Crippen LogP contribution in [0, 0.1) is 0 Å². The van der Waals surface area contributed by atoms with Crippen molar-refractivity contribution in [2.24, 2.45) is 0 Å². The first-order valence-corrected chi connectivity index (χ1v) is 17.5. The Morgan fingerprint density at radius 1 is 0.250 bits per heavy atom. The Labute approximate surface area is 295 Å². The van der Waals surface area contributed by atoms with E-state index in [2.05, 4.69) is 109 Å². The molecule has 0 atom stereocenters. The monoisotopic (exact) mass is 666 g/mol. The van der Waals surface area contributed by atoms with E-state index in [9.17, 15) is 0 Å². The molecular weight excluding hydrogens is 641 g/mol. The Morgan fingerprint density at radius 2 is 0.635 bits per heavy atom. The van der Waals surface area contributed by atoms with Gasteiger partial charge in [-0.25, -0.2) is 0 Å². The third kappa shape index (κ3) is 3.81. The second kappa shape index (κ2) is 10.3. The van der Waals surface area contributed by atoms with Crippen molar-refractivity contribution in [1.82, 2.24) is 0 Å². The van der Waals surface area contributed by atoms with Crippen molar-refractivity contribution < 1.29 is 17.7 Å². The van der Waals surface area contributed by atoms with Crippen molar-refractivity contribution in [3.05, 3.63) is 158 Å². The highest BCUT2D eigenvalue weighted by molar-refractivity contribution is 6.26. The maximum absolute atomic E-state index is 6.81. The number of rotatable bonds is 3. The maximum atomic E-state index is 6.81. The Bertz CT molecular complexity index is 3190. The van der Waals surface area contributed by atoms with Crippen LogP contribution in [0.1, 0.15) is 0 Å². The Hall–Kier alpha value is -7.04. The molecule has 52 heavy (non-hydrogen) atoms. The fourth-order valence-corrected chi connectivity index (χ4v) is 8.39. The lowest BCUT2D eigenvalue weighted by Gasteiger charge is -2.14. The van der Waals surface area contributed by atoms with Gasteiger partial charge in [0.1, 0.15) is 44.7 Å². The summed E-state index contributed by atoms with van der Waals surface area (Å²) in [4.78, 5) is 0. The molecule has 4 heteroatoms. The van der Waals surface area contributed by atoms with E-state index in [1.54, 1.807) is 0 Å². The van der Waals surface area contributed by atoms with E-state index >= 15 is 0 Å². The third-order valence-corrected chi connectivity index (χ3v) is 10.6. The highest BCUT2D eigenvalue weighted by Gasteiger charge is 2.25. The van der Waals surface area contributed by atoms with Crippen molar-refractivity contribution in [3.8, 4) is 33.4 Å². The number of furan rings is 4. The van der Waals surface area contributed by atoms with Gasteiger partial charge in [0.05, 0.1) is 0 Å². The second-order valence-corrected chi connectivity index (χ2v) is 13.6. The molecule has 0 aliphatic heterocycles.